The first kappa shape index (κ1) is 15.0. The quantitative estimate of drug-likeness (QED) is 0.794. The van der Waals surface area contributed by atoms with Gasteiger partial charge in [0.05, 0.1) is 18.7 Å². The van der Waals surface area contributed by atoms with Crippen molar-refractivity contribution in [2.24, 2.45) is 0 Å². The van der Waals surface area contributed by atoms with Crippen molar-refractivity contribution in [1.82, 2.24) is 4.57 Å². The maximum Gasteiger partial charge on any atom is 0.338 e. The summed E-state index contributed by atoms with van der Waals surface area (Å²) in [4.78, 5) is 23.5. The van der Waals surface area contributed by atoms with E-state index in [9.17, 15) is 9.59 Å². The number of hydrogen-bond acceptors (Lipinski definition) is 3. The average Bonchev–Trinajstić information content (AvgIpc) is 2.49. The van der Waals surface area contributed by atoms with Crippen molar-refractivity contribution < 1.29 is 9.53 Å². The van der Waals surface area contributed by atoms with Gasteiger partial charge >= 0.3 is 5.97 Å². The van der Waals surface area contributed by atoms with Crippen LogP contribution in [0.1, 0.15) is 35.0 Å². The van der Waals surface area contributed by atoms with Gasteiger partial charge in [-0.2, -0.15) is 0 Å². The summed E-state index contributed by atoms with van der Waals surface area (Å²) in [6.07, 6.45) is 0.806. The van der Waals surface area contributed by atoms with E-state index in [0.29, 0.717) is 18.7 Å². The van der Waals surface area contributed by atoms with Crippen LogP contribution >= 0.6 is 0 Å². The van der Waals surface area contributed by atoms with E-state index in [4.69, 9.17) is 4.74 Å². The average molecular weight is 285 g/mol. The van der Waals surface area contributed by atoms with Gasteiger partial charge in [0.25, 0.3) is 5.56 Å². The molecule has 2 aromatic rings. The number of nitrogens with zero attached hydrogens (tertiary/aromatic N) is 1. The van der Waals surface area contributed by atoms with Crippen molar-refractivity contribution in [3.8, 4) is 0 Å². The second-order valence-electron chi connectivity index (χ2n) is 4.92. The number of esters is 1. The van der Waals surface area contributed by atoms with Crippen LogP contribution in [0.15, 0.2) is 47.3 Å². The topological polar surface area (TPSA) is 48.3 Å². The van der Waals surface area contributed by atoms with Gasteiger partial charge in [0.1, 0.15) is 0 Å². The van der Waals surface area contributed by atoms with E-state index in [1.807, 2.05) is 32.0 Å². The molecule has 110 valence electrons. The fourth-order valence-electron chi connectivity index (χ4n) is 2.03. The molecule has 0 saturated heterocycles. The fraction of sp³-hybridized carbons (Fsp3) is 0.294. The third-order valence-corrected chi connectivity index (χ3v) is 3.24. The molecule has 0 aliphatic heterocycles. The summed E-state index contributed by atoms with van der Waals surface area (Å²) in [6, 6.07) is 12.4. The highest BCUT2D eigenvalue weighted by atomic mass is 16.5. The van der Waals surface area contributed by atoms with Crippen LogP contribution in [0.5, 0.6) is 0 Å². The molecule has 4 heteroatoms. The van der Waals surface area contributed by atoms with Gasteiger partial charge in [0.2, 0.25) is 0 Å². The number of benzene rings is 1. The minimum absolute atomic E-state index is 0.0265. The summed E-state index contributed by atoms with van der Waals surface area (Å²) in [7, 11) is 0. The van der Waals surface area contributed by atoms with Crippen molar-refractivity contribution in [2.45, 2.75) is 26.8 Å². The van der Waals surface area contributed by atoms with E-state index in [1.165, 1.54) is 0 Å². The number of pyridine rings is 1. The predicted molar refractivity (Wildman–Crippen MR) is 81.6 cm³/mol. The lowest BCUT2D eigenvalue weighted by molar-refractivity contribution is 0.0505. The van der Waals surface area contributed by atoms with E-state index in [-0.39, 0.29) is 11.5 Å². The molecule has 0 N–H and O–H groups in total. The van der Waals surface area contributed by atoms with E-state index in [1.54, 1.807) is 28.8 Å². The van der Waals surface area contributed by atoms with Crippen LogP contribution in [0, 0.1) is 6.92 Å². The van der Waals surface area contributed by atoms with Gasteiger partial charge in [-0.1, -0.05) is 25.1 Å². The Morgan fingerprint density at radius 1 is 1.14 bits per heavy atom. The number of aromatic nitrogens is 1. The third kappa shape index (κ3) is 3.81. The maximum atomic E-state index is 11.8. The molecule has 0 amide bonds. The lowest BCUT2D eigenvalue weighted by Gasteiger charge is -2.10. The molecule has 4 nitrogen and oxygen atoms in total. The summed E-state index contributed by atoms with van der Waals surface area (Å²) in [6.45, 7) is 4.78. The van der Waals surface area contributed by atoms with Gasteiger partial charge in [-0.05, 0) is 37.1 Å². The highest BCUT2D eigenvalue weighted by Crippen LogP contribution is 2.08. The number of ether oxygens (including phenoxy) is 1. The van der Waals surface area contributed by atoms with E-state index < -0.39 is 0 Å². The predicted octanol–water partition coefficient (Wildman–Crippen LogP) is 2.77. The lowest BCUT2D eigenvalue weighted by Crippen LogP contribution is -2.21. The molecule has 0 bridgehead atoms. The van der Waals surface area contributed by atoms with Crippen LogP contribution in [0.2, 0.25) is 0 Å². The summed E-state index contributed by atoms with van der Waals surface area (Å²) in [5, 5.41) is 0. The highest BCUT2D eigenvalue weighted by Gasteiger charge is 2.07. The normalized spacial score (nSPS) is 10.4. The standard InChI is InChI=1S/C17H19NO3/c1-3-11-21-17(20)15-9-7-14(8-10-15)12-18-13(2)5-4-6-16(18)19/h4-10H,3,11-12H2,1-2H3. The summed E-state index contributed by atoms with van der Waals surface area (Å²) in [5.41, 5.74) is 2.39. The summed E-state index contributed by atoms with van der Waals surface area (Å²) >= 11 is 0. The number of rotatable bonds is 5. The van der Waals surface area contributed by atoms with Gasteiger partial charge in [0, 0.05) is 11.8 Å². The van der Waals surface area contributed by atoms with E-state index in [2.05, 4.69) is 0 Å². The molecule has 21 heavy (non-hydrogen) atoms. The van der Waals surface area contributed by atoms with Crippen LogP contribution in [-0.4, -0.2) is 17.1 Å². The van der Waals surface area contributed by atoms with Crippen molar-refractivity contribution in [1.29, 1.82) is 0 Å². The zero-order valence-electron chi connectivity index (χ0n) is 12.3. The van der Waals surface area contributed by atoms with Crippen LogP contribution in [0.4, 0.5) is 0 Å². The van der Waals surface area contributed by atoms with Crippen molar-refractivity contribution in [3.05, 3.63) is 69.6 Å². The van der Waals surface area contributed by atoms with E-state index >= 15 is 0 Å². The monoisotopic (exact) mass is 285 g/mol. The SMILES string of the molecule is CCCOC(=O)c1ccc(Cn2c(C)cccc2=O)cc1. The smallest absolute Gasteiger partial charge is 0.338 e. The second-order valence-corrected chi connectivity index (χ2v) is 4.92. The lowest BCUT2D eigenvalue weighted by atomic mass is 10.1. The Hall–Kier alpha value is -2.36. The Balaban J connectivity index is 2.13. The molecular formula is C17H19NO3. The van der Waals surface area contributed by atoms with Gasteiger partial charge in [0.15, 0.2) is 0 Å². The fourth-order valence-corrected chi connectivity index (χ4v) is 2.03. The molecular weight excluding hydrogens is 266 g/mol. The molecule has 0 aliphatic carbocycles. The largest absolute Gasteiger partial charge is 0.462 e. The molecule has 0 aliphatic rings. The molecule has 0 radical (unpaired) electrons. The van der Waals surface area contributed by atoms with Gasteiger partial charge < -0.3 is 9.30 Å². The van der Waals surface area contributed by atoms with Crippen molar-refractivity contribution in [2.75, 3.05) is 6.61 Å². The molecule has 0 fully saturated rings. The molecule has 1 aromatic carbocycles. The Bertz CT molecular complexity index is 671. The first-order valence-electron chi connectivity index (χ1n) is 7.04. The van der Waals surface area contributed by atoms with Gasteiger partial charge in [-0.3, -0.25) is 4.79 Å². The Kier molecular flexibility index (Phi) is 4.93. The first-order valence-corrected chi connectivity index (χ1v) is 7.04. The van der Waals surface area contributed by atoms with Gasteiger partial charge in [-0.25, -0.2) is 4.79 Å². The number of aryl methyl sites for hydroxylation is 1. The Morgan fingerprint density at radius 3 is 2.48 bits per heavy atom. The van der Waals surface area contributed by atoms with Crippen LogP contribution < -0.4 is 5.56 Å². The molecule has 0 unspecified atom stereocenters. The molecule has 0 saturated carbocycles. The highest BCUT2D eigenvalue weighted by molar-refractivity contribution is 5.89. The van der Waals surface area contributed by atoms with Gasteiger partial charge in [-0.15, -0.1) is 0 Å². The number of carbonyl (C=O) groups excluding carboxylic acids is 1. The minimum atomic E-state index is -0.309. The molecule has 0 atom stereocenters. The Morgan fingerprint density at radius 2 is 1.86 bits per heavy atom. The molecule has 0 spiro atoms. The molecule has 1 aromatic heterocycles. The zero-order chi connectivity index (χ0) is 15.2. The van der Waals surface area contributed by atoms with Crippen LogP contribution in [-0.2, 0) is 11.3 Å². The number of carbonyl (C=O) groups is 1. The number of hydrogen-bond donors (Lipinski definition) is 0. The summed E-state index contributed by atoms with van der Waals surface area (Å²) in [5.74, 6) is -0.309. The van der Waals surface area contributed by atoms with Crippen molar-refractivity contribution in [3.63, 3.8) is 0 Å². The van der Waals surface area contributed by atoms with Crippen LogP contribution in [0.3, 0.4) is 0 Å². The summed E-state index contributed by atoms with van der Waals surface area (Å²) < 4.78 is 6.78. The molecule has 1 heterocycles. The van der Waals surface area contributed by atoms with Crippen molar-refractivity contribution >= 4 is 5.97 Å². The first-order chi connectivity index (χ1) is 10.1. The third-order valence-electron chi connectivity index (χ3n) is 3.24. The second kappa shape index (κ2) is 6.88. The minimum Gasteiger partial charge on any atom is -0.462 e. The van der Waals surface area contributed by atoms with E-state index in [0.717, 1.165) is 17.7 Å². The van der Waals surface area contributed by atoms with Crippen LogP contribution in [0.25, 0.3) is 0 Å². The zero-order valence-corrected chi connectivity index (χ0v) is 12.3. The maximum absolute atomic E-state index is 11.8. The Labute approximate surface area is 124 Å². The molecule has 2 rings (SSSR count).